The van der Waals surface area contributed by atoms with Crippen molar-refractivity contribution in [2.75, 3.05) is 5.32 Å². The molecule has 0 radical (unpaired) electrons. The number of carboxylic acids is 1. The van der Waals surface area contributed by atoms with E-state index in [9.17, 15) is 9.90 Å². The molecule has 0 fully saturated rings. The number of aliphatic carboxylic acids is 1. The van der Waals surface area contributed by atoms with Crippen LogP contribution in [0.3, 0.4) is 0 Å². The van der Waals surface area contributed by atoms with E-state index in [0.717, 1.165) is 27.1 Å². The Morgan fingerprint density at radius 3 is 2.75 bits per heavy atom. The zero-order chi connectivity index (χ0) is 14.9. The van der Waals surface area contributed by atoms with E-state index in [-0.39, 0.29) is 5.92 Å². The van der Waals surface area contributed by atoms with Crippen molar-refractivity contribution in [1.29, 1.82) is 0 Å². The summed E-state index contributed by atoms with van der Waals surface area (Å²) in [4.78, 5) is 21.8. The smallest absolute Gasteiger partial charge is 0.138 e. The number of carbonyl (C=O) groups is 1. The van der Waals surface area contributed by atoms with E-state index in [4.69, 9.17) is 0 Å². The minimum absolute atomic E-state index is 0.0370. The van der Waals surface area contributed by atoms with Gasteiger partial charge in [-0.05, 0) is 25.3 Å². The molecule has 2 aromatic heterocycles. The fraction of sp³-hybridized carbons (Fsp3) is 0.500. The van der Waals surface area contributed by atoms with Gasteiger partial charge in [0, 0.05) is 4.88 Å². The number of rotatable bonds is 5. The molecule has 0 unspecified atom stereocenters. The van der Waals surface area contributed by atoms with Gasteiger partial charge in [0.1, 0.15) is 17.0 Å². The van der Waals surface area contributed by atoms with Crippen LogP contribution in [0.4, 0.5) is 5.82 Å². The molecule has 0 aromatic carbocycles. The molecule has 20 heavy (non-hydrogen) atoms. The van der Waals surface area contributed by atoms with Gasteiger partial charge in [0.25, 0.3) is 0 Å². The van der Waals surface area contributed by atoms with E-state index in [1.165, 1.54) is 6.33 Å². The molecule has 0 saturated heterocycles. The van der Waals surface area contributed by atoms with E-state index >= 15 is 0 Å². The second-order valence-corrected chi connectivity index (χ2v) is 6.22. The van der Waals surface area contributed by atoms with Gasteiger partial charge in [-0.2, -0.15) is 0 Å². The normalized spacial score (nSPS) is 14.2. The third-order valence-corrected chi connectivity index (χ3v) is 4.84. The minimum atomic E-state index is -1.10. The second-order valence-electron chi connectivity index (χ2n) is 5.01. The average molecular weight is 292 g/mol. The summed E-state index contributed by atoms with van der Waals surface area (Å²) in [5.74, 6) is -0.563. The first-order valence-electron chi connectivity index (χ1n) is 6.63. The van der Waals surface area contributed by atoms with Crippen molar-refractivity contribution in [3.8, 4) is 0 Å². The van der Waals surface area contributed by atoms with Gasteiger partial charge in [-0.3, -0.25) is 0 Å². The molecule has 2 rings (SSSR count). The van der Waals surface area contributed by atoms with E-state index in [0.29, 0.717) is 5.82 Å². The standard InChI is InChI=1S/C14H19N3O2S/c1-5-7(2)11(14(18)19)17-12-10-8(3)9(4)20-13(10)16-6-15-12/h6-7,11H,5H2,1-4H3,(H,18,19)(H,15,16,17)/p-1/t7-,11-/m1/s1. The number of aryl methyl sites for hydroxylation is 2. The monoisotopic (exact) mass is 292 g/mol. The number of carboxylic acid groups (broad SMARTS) is 1. The molecular formula is C14H18N3O2S-. The van der Waals surface area contributed by atoms with Crippen LogP contribution in [0.2, 0.25) is 0 Å². The highest BCUT2D eigenvalue weighted by Crippen LogP contribution is 2.33. The molecule has 0 spiro atoms. The number of nitrogens with one attached hydrogen (secondary N) is 1. The molecule has 2 aromatic rings. The van der Waals surface area contributed by atoms with Crippen LogP contribution in [0.1, 0.15) is 30.7 Å². The number of hydrogen-bond donors (Lipinski definition) is 1. The minimum Gasteiger partial charge on any atom is -0.548 e. The van der Waals surface area contributed by atoms with Crippen LogP contribution in [-0.2, 0) is 4.79 Å². The summed E-state index contributed by atoms with van der Waals surface area (Å²) in [5.41, 5.74) is 1.09. The largest absolute Gasteiger partial charge is 0.548 e. The molecule has 6 heteroatoms. The zero-order valence-electron chi connectivity index (χ0n) is 12.1. The molecule has 1 N–H and O–H groups in total. The van der Waals surface area contributed by atoms with Gasteiger partial charge in [-0.1, -0.05) is 20.3 Å². The van der Waals surface area contributed by atoms with Crippen LogP contribution in [0.5, 0.6) is 0 Å². The van der Waals surface area contributed by atoms with Crippen molar-refractivity contribution < 1.29 is 9.90 Å². The Morgan fingerprint density at radius 2 is 2.15 bits per heavy atom. The molecule has 0 saturated carbocycles. The maximum Gasteiger partial charge on any atom is 0.138 e. The van der Waals surface area contributed by atoms with E-state index in [2.05, 4.69) is 15.3 Å². The lowest BCUT2D eigenvalue weighted by atomic mass is 9.99. The lowest BCUT2D eigenvalue weighted by Gasteiger charge is -2.26. The van der Waals surface area contributed by atoms with E-state index in [1.54, 1.807) is 11.3 Å². The number of thiophene rings is 1. The second kappa shape index (κ2) is 5.75. The summed E-state index contributed by atoms with van der Waals surface area (Å²) in [7, 11) is 0. The molecule has 5 nitrogen and oxygen atoms in total. The highest BCUT2D eigenvalue weighted by Gasteiger charge is 2.20. The first-order valence-corrected chi connectivity index (χ1v) is 7.45. The molecule has 0 bridgehead atoms. The van der Waals surface area contributed by atoms with E-state index in [1.807, 2.05) is 27.7 Å². The first kappa shape index (κ1) is 14.7. The highest BCUT2D eigenvalue weighted by atomic mass is 32.1. The van der Waals surface area contributed by atoms with Crippen molar-refractivity contribution in [3.05, 3.63) is 16.8 Å². The van der Waals surface area contributed by atoms with Gasteiger partial charge >= 0.3 is 0 Å². The Hall–Kier alpha value is -1.69. The molecule has 108 valence electrons. The fourth-order valence-corrected chi connectivity index (χ4v) is 3.11. The average Bonchev–Trinajstić information content (AvgIpc) is 2.71. The van der Waals surface area contributed by atoms with Crippen LogP contribution in [0.25, 0.3) is 10.2 Å². The van der Waals surface area contributed by atoms with Crippen molar-refractivity contribution >= 4 is 33.3 Å². The molecule has 0 amide bonds. The number of nitrogens with zero attached hydrogens (tertiary/aromatic N) is 2. The maximum absolute atomic E-state index is 11.3. The highest BCUT2D eigenvalue weighted by molar-refractivity contribution is 7.18. The Kier molecular flexibility index (Phi) is 4.23. The molecular weight excluding hydrogens is 274 g/mol. The topological polar surface area (TPSA) is 77.9 Å². The Labute approximate surface area is 122 Å². The molecule has 0 aliphatic heterocycles. The van der Waals surface area contributed by atoms with Gasteiger partial charge in [0.05, 0.1) is 17.4 Å². The summed E-state index contributed by atoms with van der Waals surface area (Å²) in [6, 6.07) is -0.752. The number of carbonyl (C=O) groups excluding carboxylic acids is 1. The van der Waals surface area contributed by atoms with Crippen molar-refractivity contribution in [2.24, 2.45) is 5.92 Å². The van der Waals surface area contributed by atoms with E-state index < -0.39 is 12.0 Å². The summed E-state index contributed by atoms with van der Waals surface area (Å²) < 4.78 is 0. The predicted octanol–water partition coefficient (Wildman–Crippen LogP) is 1.88. The summed E-state index contributed by atoms with van der Waals surface area (Å²) in [6.07, 6.45) is 2.21. The SMILES string of the molecule is CC[C@@H](C)[C@@H](Nc1ncnc2sc(C)c(C)c12)C(=O)[O-]. The fourth-order valence-electron chi connectivity index (χ4n) is 2.11. The van der Waals surface area contributed by atoms with Crippen LogP contribution < -0.4 is 10.4 Å². The number of aromatic nitrogens is 2. The molecule has 2 heterocycles. The Morgan fingerprint density at radius 1 is 1.45 bits per heavy atom. The summed E-state index contributed by atoms with van der Waals surface area (Å²) >= 11 is 1.59. The quantitative estimate of drug-likeness (QED) is 0.910. The molecule has 0 aliphatic rings. The molecule has 0 aliphatic carbocycles. The summed E-state index contributed by atoms with van der Waals surface area (Å²) in [5, 5.41) is 15.2. The van der Waals surface area contributed by atoms with Crippen molar-refractivity contribution in [2.45, 2.75) is 40.2 Å². The molecule has 2 atom stereocenters. The van der Waals surface area contributed by atoms with Crippen molar-refractivity contribution in [3.63, 3.8) is 0 Å². The van der Waals surface area contributed by atoms with Crippen molar-refractivity contribution in [1.82, 2.24) is 9.97 Å². The lowest BCUT2D eigenvalue weighted by molar-refractivity contribution is -0.307. The first-order chi connectivity index (χ1) is 9.45. The van der Waals surface area contributed by atoms with Gasteiger partial charge in [-0.25, -0.2) is 9.97 Å². The van der Waals surface area contributed by atoms with Gasteiger partial charge in [-0.15, -0.1) is 11.3 Å². The van der Waals surface area contributed by atoms with Crippen LogP contribution in [-0.4, -0.2) is 22.0 Å². The lowest BCUT2D eigenvalue weighted by Crippen LogP contribution is -2.45. The van der Waals surface area contributed by atoms with Crippen LogP contribution >= 0.6 is 11.3 Å². The van der Waals surface area contributed by atoms with Gasteiger partial charge in [0.15, 0.2) is 0 Å². The third kappa shape index (κ3) is 2.60. The number of anilines is 1. The predicted molar refractivity (Wildman–Crippen MR) is 78.8 cm³/mol. The van der Waals surface area contributed by atoms with Crippen LogP contribution in [0, 0.1) is 19.8 Å². The maximum atomic E-state index is 11.3. The Balaban J connectivity index is 2.45. The number of fused-ring (bicyclic) bond motifs is 1. The third-order valence-electron chi connectivity index (χ3n) is 3.72. The number of hydrogen-bond acceptors (Lipinski definition) is 6. The van der Waals surface area contributed by atoms with Crippen LogP contribution in [0.15, 0.2) is 6.33 Å². The van der Waals surface area contributed by atoms with Gasteiger partial charge < -0.3 is 15.2 Å². The zero-order valence-corrected chi connectivity index (χ0v) is 12.9. The van der Waals surface area contributed by atoms with Gasteiger partial charge in [0.2, 0.25) is 0 Å². The summed E-state index contributed by atoms with van der Waals surface area (Å²) in [6.45, 7) is 7.87. The Bertz CT molecular complexity index is 639.